The van der Waals surface area contributed by atoms with Gasteiger partial charge in [0.25, 0.3) is 11.1 Å². The summed E-state index contributed by atoms with van der Waals surface area (Å²) in [6.07, 6.45) is 0.385. The van der Waals surface area contributed by atoms with Crippen LogP contribution in [0.25, 0.3) is 27.4 Å². The van der Waals surface area contributed by atoms with E-state index >= 15 is 0 Å². The summed E-state index contributed by atoms with van der Waals surface area (Å²) < 4.78 is 42.2. The number of hydrogen-bond acceptors (Lipinski definition) is 9. The van der Waals surface area contributed by atoms with Crippen LogP contribution in [-0.2, 0) is 17.5 Å². The van der Waals surface area contributed by atoms with Gasteiger partial charge in [0, 0.05) is 46.9 Å². The highest BCUT2D eigenvalue weighted by atomic mass is 32.2. The summed E-state index contributed by atoms with van der Waals surface area (Å²) in [5.41, 5.74) is 1.22. The van der Waals surface area contributed by atoms with E-state index in [0.717, 1.165) is 53.8 Å². The van der Waals surface area contributed by atoms with Crippen molar-refractivity contribution in [3.05, 3.63) is 75.9 Å². The van der Waals surface area contributed by atoms with Crippen molar-refractivity contribution in [3.8, 4) is 11.3 Å². The number of aromatic nitrogens is 3. The van der Waals surface area contributed by atoms with Gasteiger partial charge in [0.2, 0.25) is 5.95 Å². The van der Waals surface area contributed by atoms with Gasteiger partial charge in [0.15, 0.2) is 0 Å². The fourth-order valence-electron chi connectivity index (χ4n) is 5.06. The lowest BCUT2D eigenvalue weighted by molar-refractivity contribution is -0.141. The number of carbonyl (C=O) groups is 2. The average Bonchev–Trinajstić information content (AvgIpc) is 3.55. The second kappa shape index (κ2) is 11.8. The minimum absolute atomic E-state index is 0.293. The van der Waals surface area contributed by atoms with Gasteiger partial charge in [0.1, 0.15) is 5.69 Å². The van der Waals surface area contributed by atoms with Crippen LogP contribution >= 0.6 is 23.1 Å². The van der Waals surface area contributed by atoms with E-state index in [1.807, 2.05) is 29.6 Å². The summed E-state index contributed by atoms with van der Waals surface area (Å²) in [4.78, 5) is 38.5. The zero-order chi connectivity index (χ0) is 29.3. The summed E-state index contributed by atoms with van der Waals surface area (Å²) in [7, 11) is 0. The van der Waals surface area contributed by atoms with Gasteiger partial charge < -0.3 is 10.2 Å². The highest BCUT2D eigenvalue weighted by Crippen LogP contribution is 2.36. The number of halogens is 3. The van der Waals surface area contributed by atoms with E-state index in [1.165, 1.54) is 11.3 Å². The maximum Gasteiger partial charge on any atom is 0.433 e. The molecular formula is C29H25F3N6O2S2. The number of fused-ring (bicyclic) bond motifs is 1. The van der Waals surface area contributed by atoms with Crippen molar-refractivity contribution < 1.29 is 22.8 Å². The van der Waals surface area contributed by atoms with Crippen molar-refractivity contribution in [2.24, 2.45) is 5.92 Å². The number of rotatable bonds is 7. The number of anilines is 1. The standard InChI is InChI=1S/C29H25F3N6O2S2/c30-29(31,32)25-12-18(11-22(36-25)21-16-41-23-4-2-1-3-20(21)23)15-33-14-17-6-9-38(10-7-17)27-34-8-5-19(35-27)13-24-26(39)37-28(40)42-24/h1-5,8,11-13,16-17,33H,6-7,9-10,14-15H2,(H,37,39,40)/b24-13+. The number of benzene rings is 1. The van der Waals surface area contributed by atoms with Crippen molar-refractivity contribution in [2.45, 2.75) is 25.6 Å². The molecule has 13 heteroatoms. The summed E-state index contributed by atoms with van der Waals surface area (Å²) in [6, 6.07) is 12.2. The predicted molar refractivity (Wildman–Crippen MR) is 158 cm³/mol. The number of imide groups is 1. The number of pyridine rings is 1. The van der Waals surface area contributed by atoms with Crippen molar-refractivity contribution in [1.82, 2.24) is 25.6 Å². The van der Waals surface area contributed by atoms with Crippen LogP contribution in [0.15, 0.2) is 58.9 Å². The first kappa shape index (κ1) is 28.3. The zero-order valence-corrected chi connectivity index (χ0v) is 23.8. The maximum absolute atomic E-state index is 13.7. The fourth-order valence-corrected chi connectivity index (χ4v) is 6.68. The maximum atomic E-state index is 13.7. The number of amides is 2. The minimum Gasteiger partial charge on any atom is -0.341 e. The Kier molecular flexibility index (Phi) is 7.97. The van der Waals surface area contributed by atoms with Crippen molar-refractivity contribution in [1.29, 1.82) is 0 Å². The Morgan fingerprint density at radius 3 is 2.67 bits per heavy atom. The van der Waals surface area contributed by atoms with Crippen LogP contribution in [0.4, 0.5) is 23.9 Å². The molecule has 2 fully saturated rings. The number of alkyl halides is 3. The van der Waals surface area contributed by atoms with Crippen LogP contribution in [0, 0.1) is 5.92 Å². The number of thioether (sulfide) groups is 1. The number of hydrogen-bond donors (Lipinski definition) is 2. The molecule has 6 rings (SSSR count). The largest absolute Gasteiger partial charge is 0.433 e. The monoisotopic (exact) mass is 610 g/mol. The van der Waals surface area contributed by atoms with Crippen LogP contribution in [0.5, 0.6) is 0 Å². The van der Waals surface area contributed by atoms with Gasteiger partial charge in [-0.25, -0.2) is 15.0 Å². The van der Waals surface area contributed by atoms with Gasteiger partial charge in [-0.3, -0.25) is 14.9 Å². The van der Waals surface area contributed by atoms with Crippen LogP contribution < -0.4 is 15.5 Å². The Balaban J connectivity index is 1.07. The second-order valence-corrected chi connectivity index (χ2v) is 12.0. The van der Waals surface area contributed by atoms with Gasteiger partial charge in [-0.15, -0.1) is 11.3 Å². The predicted octanol–water partition coefficient (Wildman–Crippen LogP) is 6.10. The van der Waals surface area contributed by atoms with Gasteiger partial charge in [-0.2, -0.15) is 13.2 Å². The molecule has 42 heavy (non-hydrogen) atoms. The van der Waals surface area contributed by atoms with E-state index in [0.29, 0.717) is 52.4 Å². The first-order valence-electron chi connectivity index (χ1n) is 13.3. The van der Waals surface area contributed by atoms with E-state index in [4.69, 9.17) is 0 Å². The Morgan fingerprint density at radius 1 is 1.10 bits per heavy atom. The molecule has 2 saturated heterocycles. The van der Waals surface area contributed by atoms with E-state index < -0.39 is 23.0 Å². The Hall–Kier alpha value is -3.81. The number of nitrogens with zero attached hydrogens (tertiary/aromatic N) is 4. The molecule has 1 aromatic carbocycles. The molecule has 5 heterocycles. The van der Waals surface area contributed by atoms with Crippen LogP contribution in [0.1, 0.15) is 29.8 Å². The Labute approximate surface area is 247 Å². The lowest BCUT2D eigenvalue weighted by Crippen LogP contribution is -2.38. The quantitative estimate of drug-likeness (QED) is 0.242. The lowest BCUT2D eigenvalue weighted by atomic mass is 9.97. The van der Waals surface area contributed by atoms with Crippen LogP contribution in [0.3, 0.4) is 0 Å². The topological polar surface area (TPSA) is 100 Å². The molecule has 0 unspecified atom stereocenters. The third-order valence-electron chi connectivity index (χ3n) is 7.18. The molecule has 0 saturated carbocycles. The molecule has 4 aromatic rings. The van der Waals surface area contributed by atoms with Gasteiger partial charge in [0.05, 0.1) is 16.3 Å². The highest BCUT2D eigenvalue weighted by Gasteiger charge is 2.33. The van der Waals surface area contributed by atoms with Crippen molar-refractivity contribution in [3.63, 3.8) is 0 Å². The molecule has 0 atom stereocenters. The third-order valence-corrected chi connectivity index (χ3v) is 8.95. The number of nitrogens with one attached hydrogen (secondary N) is 2. The molecule has 0 spiro atoms. The first-order valence-corrected chi connectivity index (χ1v) is 15.0. The minimum atomic E-state index is -4.54. The fraction of sp³-hybridized carbons (Fsp3) is 0.276. The van der Waals surface area contributed by atoms with Crippen LogP contribution in [0.2, 0.25) is 0 Å². The molecule has 2 amide bonds. The molecule has 0 radical (unpaired) electrons. The first-order chi connectivity index (χ1) is 20.2. The molecule has 8 nitrogen and oxygen atoms in total. The van der Waals surface area contributed by atoms with E-state index in [1.54, 1.807) is 24.4 Å². The number of thiophene rings is 1. The Bertz CT molecular complexity index is 1680. The summed E-state index contributed by atoms with van der Waals surface area (Å²) in [6.45, 7) is 2.42. The van der Waals surface area contributed by atoms with Crippen molar-refractivity contribution in [2.75, 3.05) is 24.5 Å². The molecule has 3 aromatic heterocycles. The Morgan fingerprint density at radius 2 is 1.90 bits per heavy atom. The zero-order valence-electron chi connectivity index (χ0n) is 22.1. The van der Waals surface area contributed by atoms with E-state index in [-0.39, 0.29) is 0 Å². The second-order valence-electron chi connectivity index (χ2n) is 10.1. The van der Waals surface area contributed by atoms with Crippen molar-refractivity contribution >= 4 is 56.4 Å². The number of piperidine rings is 1. The lowest BCUT2D eigenvalue weighted by Gasteiger charge is -2.32. The van der Waals surface area contributed by atoms with Crippen LogP contribution in [-0.4, -0.2) is 45.7 Å². The molecule has 0 aliphatic carbocycles. The van der Waals surface area contributed by atoms with Gasteiger partial charge >= 0.3 is 6.18 Å². The summed E-state index contributed by atoms with van der Waals surface area (Å²) >= 11 is 2.33. The molecule has 0 bridgehead atoms. The average molecular weight is 611 g/mol. The molecule has 2 N–H and O–H groups in total. The third kappa shape index (κ3) is 6.32. The van der Waals surface area contributed by atoms with E-state index in [2.05, 4.69) is 30.5 Å². The summed E-state index contributed by atoms with van der Waals surface area (Å²) in [5.74, 6) is 0.465. The highest BCUT2D eigenvalue weighted by molar-refractivity contribution is 8.18. The summed E-state index contributed by atoms with van der Waals surface area (Å²) in [5, 5.41) is 7.93. The van der Waals surface area contributed by atoms with Gasteiger partial charge in [-0.1, -0.05) is 18.2 Å². The smallest absolute Gasteiger partial charge is 0.341 e. The molecule has 2 aliphatic heterocycles. The molecular weight excluding hydrogens is 585 g/mol. The molecule has 216 valence electrons. The van der Waals surface area contributed by atoms with E-state index in [9.17, 15) is 22.8 Å². The normalized spacial score (nSPS) is 17.4. The SMILES string of the molecule is O=C1NC(=O)/C(=C\c2ccnc(N3CCC(CNCc4cc(-c5csc6ccccc56)nc(C(F)(F)F)c4)CC3)n2)S1. The number of carbonyl (C=O) groups excluding carboxylic acids is 2. The van der Waals surface area contributed by atoms with Gasteiger partial charge in [-0.05, 0) is 73.0 Å². The molecule has 2 aliphatic rings.